The van der Waals surface area contributed by atoms with Crippen molar-refractivity contribution in [2.75, 3.05) is 20.1 Å². The van der Waals surface area contributed by atoms with Crippen molar-refractivity contribution in [3.05, 3.63) is 12.7 Å². The SMILES string of the molecule is C=CCNC(=O)C(=O)C(CC1CCC1)NC(=O)C1CCCN1C(=O)C(NC(=O)NC)C(C)(C)C.CC.CCC. The largest absolute Gasteiger partial charge is 0.346 e. The van der Waals surface area contributed by atoms with Crippen molar-refractivity contribution in [3.8, 4) is 0 Å². The van der Waals surface area contributed by atoms with Gasteiger partial charge in [0.15, 0.2) is 0 Å². The average Bonchev–Trinajstić information content (AvgIpc) is 3.37. The van der Waals surface area contributed by atoms with Crippen molar-refractivity contribution in [1.82, 2.24) is 26.2 Å². The Morgan fingerprint density at radius 1 is 1.00 bits per heavy atom. The van der Waals surface area contributed by atoms with Gasteiger partial charge in [-0.15, -0.1) is 6.58 Å². The fourth-order valence-corrected chi connectivity index (χ4v) is 4.29. The van der Waals surface area contributed by atoms with Gasteiger partial charge in [0, 0.05) is 20.1 Å². The van der Waals surface area contributed by atoms with Crippen LogP contribution >= 0.6 is 0 Å². The molecule has 1 aliphatic heterocycles. The van der Waals surface area contributed by atoms with Gasteiger partial charge in [0.2, 0.25) is 17.6 Å². The summed E-state index contributed by atoms with van der Waals surface area (Å²) >= 11 is 0. The summed E-state index contributed by atoms with van der Waals surface area (Å²) in [6, 6.07) is -3.03. The van der Waals surface area contributed by atoms with E-state index in [9.17, 15) is 24.0 Å². The van der Waals surface area contributed by atoms with Gasteiger partial charge in [-0.3, -0.25) is 19.2 Å². The molecule has 2 rings (SSSR count). The number of nitrogens with one attached hydrogen (secondary N) is 4. The van der Waals surface area contributed by atoms with Crippen LogP contribution in [0.5, 0.6) is 0 Å². The number of rotatable bonds is 10. The van der Waals surface area contributed by atoms with Gasteiger partial charge in [0.05, 0.1) is 6.04 Å². The molecule has 5 amide bonds. The first kappa shape index (κ1) is 36.1. The van der Waals surface area contributed by atoms with E-state index in [1.165, 1.54) is 24.4 Å². The number of nitrogens with zero attached hydrogens (tertiary/aromatic N) is 1. The van der Waals surface area contributed by atoms with Crippen molar-refractivity contribution in [3.63, 3.8) is 0 Å². The molecule has 39 heavy (non-hydrogen) atoms. The van der Waals surface area contributed by atoms with Crippen molar-refractivity contribution in [1.29, 1.82) is 0 Å². The Hall–Kier alpha value is -2.91. The summed E-state index contributed by atoms with van der Waals surface area (Å²) in [6.07, 6.45) is 7.18. The summed E-state index contributed by atoms with van der Waals surface area (Å²) in [6.45, 7) is 17.8. The molecule has 10 heteroatoms. The van der Waals surface area contributed by atoms with Crippen LogP contribution in [0.3, 0.4) is 0 Å². The number of likely N-dealkylation sites (tertiary alicyclic amines) is 1. The van der Waals surface area contributed by atoms with Crippen LogP contribution in [0.25, 0.3) is 0 Å². The minimum absolute atomic E-state index is 0.159. The molecule has 2 fully saturated rings. The topological polar surface area (TPSA) is 137 Å². The van der Waals surface area contributed by atoms with Crippen LogP contribution in [-0.4, -0.2) is 72.7 Å². The average molecular weight is 552 g/mol. The molecule has 4 N–H and O–H groups in total. The molecule has 1 heterocycles. The zero-order valence-electron chi connectivity index (χ0n) is 25.4. The van der Waals surface area contributed by atoms with Crippen LogP contribution < -0.4 is 21.3 Å². The van der Waals surface area contributed by atoms with Crippen LogP contribution in [0.1, 0.15) is 93.4 Å². The number of urea groups is 1. The normalized spacial score (nSPS) is 17.9. The first-order chi connectivity index (χ1) is 18.4. The molecule has 1 aliphatic carbocycles. The molecule has 1 saturated heterocycles. The predicted molar refractivity (Wildman–Crippen MR) is 155 cm³/mol. The lowest BCUT2D eigenvalue weighted by molar-refractivity contribution is -0.144. The smallest absolute Gasteiger partial charge is 0.315 e. The van der Waals surface area contributed by atoms with Gasteiger partial charge in [-0.1, -0.05) is 80.2 Å². The third-order valence-corrected chi connectivity index (χ3v) is 6.51. The number of hydrogen-bond donors (Lipinski definition) is 4. The number of amides is 5. The molecule has 10 nitrogen and oxygen atoms in total. The van der Waals surface area contributed by atoms with Gasteiger partial charge in [0.1, 0.15) is 12.1 Å². The van der Waals surface area contributed by atoms with Crippen LogP contribution in [0, 0.1) is 11.3 Å². The Bertz CT molecular complexity index is 819. The Kier molecular flexibility index (Phi) is 17.0. The fraction of sp³-hybridized carbons (Fsp3) is 0.759. The van der Waals surface area contributed by atoms with E-state index in [2.05, 4.69) is 41.7 Å². The van der Waals surface area contributed by atoms with Crippen LogP contribution in [0.15, 0.2) is 12.7 Å². The first-order valence-electron chi connectivity index (χ1n) is 14.4. The molecule has 3 atom stereocenters. The maximum Gasteiger partial charge on any atom is 0.315 e. The number of Topliss-reactive ketones (excluding diaryl/α,β-unsaturated/α-hetero) is 1. The van der Waals surface area contributed by atoms with Gasteiger partial charge in [0.25, 0.3) is 5.91 Å². The zero-order chi connectivity index (χ0) is 30.2. The van der Waals surface area contributed by atoms with Crippen molar-refractivity contribution >= 4 is 29.5 Å². The molecule has 224 valence electrons. The molecule has 0 bridgehead atoms. The zero-order valence-corrected chi connectivity index (χ0v) is 25.4. The van der Waals surface area contributed by atoms with Crippen LogP contribution in [0.4, 0.5) is 4.79 Å². The minimum Gasteiger partial charge on any atom is -0.346 e. The minimum atomic E-state index is -0.942. The van der Waals surface area contributed by atoms with E-state index in [0.29, 0.717) is 25.8 Å². The summed E-state index contributed by atoms with van der Waals surface area (Å²) < 4.78 is 0. The Morgan fingerprint density at radius 2 is 1.59 bits per heavy atom. The molecule has 3 unspecified atom stereocenters. The Labute approximate surface area is 235 Å². The number of carbonyl (C=O) groups excluding carboxylic acids is 5. The lowest BCUT2D eigenvalue weighted by Gasteiger charge is -2.36. The highest BCUT2D eigenvalue weighted by molar-refractivity contribution is 6.38. The first-order valence-corrected chi connectivity index (χ1v) is 14.4. The van der Waals surface area contributed by atoms with E-state index in [1.807, 2.05) is 34.6 Å². The molecule has 0 aromatic carbocycles. The second-order valence-electron chi connectivity index (χ2n) is 10.9. The quantitative estimate of drug-likeness (QED) is 0.244. The molecular weight excluding hydrogens is 498 g/mol. The maximum atomic E-state index is 13.4. The third kappa shape index (κ3) is 11.8. The van der Waals surface area contributed by atoms with Crippen molar-refractivity contribution in [2.24, 2.45) is 11.3 Å². The summed E-state index contributed by atoms with van der Waals surface area (Å²) in [4.78, 5) is 65.1. The monoisotopic (exact) mass is 551 g/mol. The van der Waals surface area contributed by atoms with Crippen LogP contribution in [0.2, 0.25) is 0 Å². The third-order valence-electron chi connectivity index (χ3n) is 6.51. The summed E-state index contributed by atoms with van der Waals surface area (Å²) in [5.41, 5.74) is -0.584. The summed E-state index contributed by atoms with van der Waals surface area (Å²) in [5, 5.41) is 10.4. The van der Waals surface area contributed by atoms with E-state index in [0.717, 1.165) is 19.3 Å². The second-order valence-corrected chi connectivity index (χ2v) is 10.9. The van der Waals surface area contributed by atoms with Crippen molar-refractivity contribution in [2.45, 2.75) is 112 Å². The second kappa shape index (κ2) is 18.4. The van der Waals surface area contributed by atoms with E-state index in [-0.39, 0.29) is 18.4 Å². The lowest BCUT2D eigenvalue weighted by Crippen LogP contribution is -2.60. The number of ketones is 1. The van der Waals surface area contributed by atoms with Gasteiger partial charge >= 0.3 is 6.03 Å². The molecule has 0 aromatic rings. The van der Waals surface area contributed by atoms with Gasteiger partial charge in [-0.2, -0.15) is 0 Å². The molecule has 1 saturated carbocycles. The number of hydrogen-bond acceptors (Lipinski definition) is 5. The van der Waals surface area contributed by atoms with E-state index >= 15 is 0 Å². The van der Waals surface area contributed by atoms with Crippen LogP contribution in [-0.2, 0) is 19.2 Å². The standard InChI is InChI=1S/C24H39N5O5.C3H8.C2H6/c1-6-12-26-21(32)18(30)16(14-15-9-7-10-15)27-20(31)17-11-8-13-29(17)22(33)19(24(2,3)4)28-23(34)25-5;1-3-2;1-2/h6,15-17,19H,1,7-14H2,2-5H3,(H,26,32)(H,27,31)(H2,25,28,34);3H2,1-2H3;1-2H3. The highest BCUT2D eigenvalue weighted by atomic mass is 16.2. The molecule has 0 spiro atoms. The molecular formula is C29H53N5O5. The molecule has 0 aromatic heterocycles. The maximum absolute atomic E-state index is 13.4. The van der Waals surface area contributed by atoms with Gasteiger partial charge < -0.3 is 26.2 Å². The molecule has 0 radical (unpaired) electrons. The number of carbonyl (C=O) groups is 5. The summed E-state index contributed by atoms with van der Waals surface area (Å²) in [5.74, 6) is -1.96. The van der Waals surface area contributed by atoms with E-state index < -0.39 is 47.2 Å². The summed E-state index contributed by atoms with van der Waals surface area (Å²) in [7, 11) is 1.47. The highest BCUT2D eigenvalue weighted by Crippen LogP contribution is 2.31. The van der Waals surface area contributed by atoms with E-state index in [1.54, 1.807) is 0 Å². The van der Waals surface area contributed by atoms with Gasteiger partial charge in [-0.05, 0) is 30.6 Å². The van der Waals surface area contributed by atoms with Crippen molar-refractivity contribution < 1.29 is 24.0 Å². The molecule has 2 aliphatic rings. The fourth-order valence-electron chi connectivity index (χ4n) is 4.29. The van der Waals surface area contributed by atoms with Gasteiger partial charge in [-0.25, -0.2) is 4.79 Å². The Balaban J connectivity index is 0.00000269. The lowest BCUT2D eigenvalue weighted by atomic mass is 9.80. The predicted octanol–water partition coefficient (Wildman–Crippen LogP) is 3.31. The van der Waals surface area contributed by atoms with E-state index in [4.69, 9.17) is 0 Å². The Morgan fingerprint density at radius 3 is 2.05 bits per heavy atom. The highest BCUT2D eigenvalue weighted by Gasteiger charge is 2.43.